The van der Waals surface area contributed by atoms with Gasteiger partial charge in [0, 0.05) is 6.61 Å². The maximum absolute atomic E-state index is 13.6. The number of furan rings is 1. The van der Waals surface area contributed by atoms with Gasteiger partial charge in [-0.3, -0.25) is 14.2 Å². The SMILES string of the molecule is O=C(CSc1nc2c(sc(=S)n2C[C@H]2CCCO2)c(=O)n1-c1ccc(F)cc1)NCc1ccco1. The van der Waals surface area contributed by atoms with Crippen molar-refractivity contribution in [3.05, 3.63) is 68.5 Å². The van der Waals surface area contributed by atoms with Gasteiger partial charge < -0.3 is 19.0 Å². The summed E-state index contributed by atoms with van der Waals surface area (Å²) in [6, 6.07) is 9.09. The Morgan fingerprint density at radius 2 is 2.14 bits per heavy atom. The molecule has 1 fully saturated rings. The monoisotopic (exact) mass is 532 g/mol. The summed E-state index contributed by atoms with van der Waals surface area (Å²) in [6.45, 7) is 1.48. The number of ether oxygens (including phenoxy) is 1. The van der Waals surface area contributed by atoms with Crippen molar-refractivity contribution in [2.75, 3.05) is 12.4 Å². The lowest BCUT2D eigenvalue weighted by atomic mass is 10.2. The van der Waals surface area contributed by atoms with E-state index in [2.05, 4.69) is 5.32 Å². The number of hydrogen-bond acceptors (Lipinski definition) is 8. The van der Waals surface area contributed by atoms with Crippen LogP contribution in [0.1, 0.15) is 18.6 Å². The molecule has 0 radical (unpaired) electrons. The first-order valence-electron chi connectivity index (χ1n) is 11.0. The molecule has 1 aromatic carbocycles. The number of carbonyl (C=O) groups is 1. The van der Waals surface area contributed by atoms with Gasteiger partial charge >= 0.3 is 0 Å². The van der Waals surface area contributed by atoms with Crippen LogP contribution < -0.4 is 10.9 Å². The number of aromatic nitrogens is 3. The van der Waals surface area contributed by atoms with Crippen molar-refractivity contribution in [3.8, 4) is 5.69 Å². The second-order valence-electron chi connectivity index (χ2n) is 7.92. The number of halogens is 1. The summed E-state index contributed by atoms with van der Waals surface area (Å²) >= 11 is 7.87. The number of benzene rings is 1. The average molecular weight is 533 g/mol. The molecule has 0 aliphatic carbocycles. The molecule has 3 aromatic heterocycles. The molecule has 0 spiro atoms. The summed E-state index contributed by atoms with van der Waals surface area (Å²) in [6.07, 6.45) is 3.46. The number of thiazole rings is 1. The van der Waals surface area contributed by atoms with E-state index >= 15 is 0 Å². The highest BCUT2D eigenvalue weighted by Crippen LogP contribution is 2.26. The molecular formula is C23H21FN4O4S3. The fraction of sp³-hybridized carbons (Fsp3) is 0.304. The van der Waals surface area contributed by atoms with Gasteiger partial charge in [-0.2, -0.15) is 0 Å². The predicted molar refractivity (Wildman–Crippen MR) is 134 cm³/mol. The third-order valence-corrected chi connectivity index (χ3v) is 7.89. The first-order valence-corrected chi connectivity index (χ1v) is 13.2. The highest BCUT2D eigenvalue weighted by atomic mass is 32.2. The van der Waals surface area contributed by atoms with E-state index in [1.807, 2.05) is 4.57 Å². The number of nitrogens with zero attached hydrogens (tertiary/aromatic N) is 3. The van der Waals surface area contributed by atoms with Gasteiger partial charge in [0.15, 0.2) is 14.8 Å². The van der Waals surface area contributed by atoms with E-state index in [0.29, 0.717) is 44.1 Å². The average Bonchev–Trinajstić information content (AvgIpc) is 3.61. The van der Waals surface area contributed by atoms with E-state index in [1.54, 1.807) is 12.1 Å². The molecule has 1 aliphatic heterocycles. The summed E-state index contributed by atoms with van der Waals surface area (Å²) in [7, 11) is 0. The third kappa shape index (κ3) is 5.25. The number of hydrogen-bond donors (Lipinski definition) is 1. The Morgan fingerprint density at radius 3 is 2.86 bits per heavy atom. The fourth-order valence-corrected chi connectivity index (χ4v) is 5.94. The zero-order valence-corrected chi connectivity index (χ0v) is 20.9. The largest absolute Gasteiger partial charge is 0.467 e. The molecule has 0 unspecified atom stereocenters. The Labute approximate surface area is 212 Å². The maximum Gasteiger partial charge on any atom is 0.278 e. The first kappa shape index (κ1) is 23.9. The standard InChI is InChI=1S/C23H21FN4O4S3/c24-14-5-7-15(8-6-14)28-21(30)19-20(27(23(33)35-19)12-17-4-2-10-32-17)26-22(28)34-13-18(29)25-11-16-3-1-9-31-16/h1,3,5-9,17H,2,4,10-13H2,(H,25,29)/t17-/m1/s1. The van der Waals surface area contributed by atoms with Crippen LogP contribution in [0, 0.1) is 9.77 Å². The molecular weight excluding hydrogens is 511 g/mol. The fourth-order valence-electron chi connectivity index (χ4n) is 3.82. The van der Waals surface area contributed by atoms with Gasteiger partial charge in [-0.15, -0.1) is 0 Å². The smallest absolute Gasteiger partial charge is 0.278 e. The summed E-state index contributed by atoms with van der Waals surface area (Å²) in [4.78, 5) is 30.8. The molecule has 5 rings (SSSR count). The summed E-state index contributed by atoms with van der Waals surface area (Å²) in [5.74, 6) is 0.00219. The Kier molecular flexibility index (Phi) is 7.14. The number of thioether (sulfide) groups is 1. The summed E-state index contributed by atoms with van der Waals surface area (Å²) in [5, 5.41) is 3.10. The van der Waals surface area contributed by atoms with Gasteiger partial charge in [0.05, 0.1) is 36.9 Å². The lowest BCUT2D eigenvalue weighted by molar-refractivity contribution is -0.118. The lowest BCUT2D eigenvalue weighted by Gasteiger charge is -2.14. The topological polar surface area (TPSA) is 91.3 Å². The predicted octanol–water partition coefficient (Wildman–Crippen LogP) is 4.30. The van der Waals surface area contributed by atoms with Crippen molar-refractivity contribution in [1.29, 1.82) is 0 Å². The van der Waals surface area contributed by atoms with Gasteiger partial charge in [-0.1, -0.05) is 23.1 Å². The van der Waals surface area contributed by atoms with E-state index in [9.17, 15) is 14.0 Å². The molecule has 0 bridgehead atoms. The van der Waals surface area contributed by atoms with Crippen molar-refractivity contribution in [2.45, 2.75) is 37.2 Å². The van der Waals surface area contributed by atoms with Crippen molar-refractivity contribution in [3.63, 3.8) is 0 Å². The summed E-state index contributed by atoms with van der Waals surface area (Å²) in [5.41, 5.74) is 0.605. The van der Waals surface area contributed by atoms with Crippen molar-refractivity contribution < 1.29 is 18.3 Å². The van der Waals surface area contributed by atoms with Crippen LogP contribution in [-0.4, -0.2) is 38.5 Å². The third-order valence-electron chi connectivity index (χ3n) is 5.53. The van der Waals surface area contributed by atoms with Crippen LogP contribution in [0.15, 0.2) is 57.0 Å². The molecule has 0 saturated carbocycles. The van der Waals surface area contributed by atoms with Crippen molar-refractivity contribution in [1.82, 2.24) is 19.4 Å². The summed E-state index contributed by atoms with van der Waals surface area (Å²) < 4.78 is 28.7. The highest BCUT2D eigenvalue weighted by Gasteiger charge is 2.22. The molecule has 35 heavy (non-hydrogen) atoms. The van der Waals surface area contributed by atoms with Gasteiger partial charge in [-0.05, 0) is 61.5 Å². The van der Waals surface area contributed by atoms with Crippen molar-refractivity contribution >= 4 is 51.6 Å². The van der Waals surface area contributed by atoms with E-state index in [0.717, 1.165) is 24.6 Å². The minimum atomic E-state index is -0.416. The van der Waals surface area contributed by atoms with E-state index in [-0.39, 0.29) is 29.9 Å². The number of rotatable bonds is 8. The van der Waals surface area contributed by atoms with Crippen molar-refractivity contribution in [2.24, 2.45) is 0 Å². The number of amides is 1. The minimum absolute atomic E-state index is 0.0179. The first-order chi connectivity index (χ1) is 17.0. The Morgan fingerprint density at radius 1 is 1.31 bits per heavy atom. The molecule has 1 saturated heterocycles. The quantitative estimate of drug-likeness (QED) is 0.206. The molecule has 1 N–H and O–H groups in total. The highest BCUT2D eigenvalue weighted by molar-refractivity contribution is 7.99. The number of fused-ring (bicyclic) bond motifs is 1. The van der Waals surface area contributed by atoms with Crippen LogP contribution in [0.2, 0.25) is 0 Å². The van der Waals surface area contributed by atoms with Gasteiger partial charge in [0.1, 0.15) is 16.3 Å². The van der Waals surface area contributed by atoms with E-state index in [1.165, 1.54) is 46.4 Å². The Balaban J connectivity index is 1.50. The number of carbonyl (C=O) groups excluding carboxylic acids is 1. The molecule has 1 aliphatic rings. The number of nitrogens with one attached hydrogen (secondary N) is 1. The van der Waals surface area contributed by atoms with Gasteiger partial charge in [-0.25, -0.2) is 9.37 Å². The second-order valence-corrected chi connectivity index (χ2v) is 10.5. The maximum atomic E-state index is 13.6. The molecule has 8 nitrogen and oxygen atoms in total. The van der Waals surface area contributed by atoms with Crippen LogP contribution in [-0.2, 0) is 22.6 Å². The van der Waals surface area contributed by atoms with Gasteiger partial charge in [0.25, 0.3) is 5.56 Å². The Hall–Kier alpha value is -2.80. The van der Waals surface area contributed by atoms with Crippen LogP contribution in [0.5, 0.6) is 0 Å². The lowest BCUT2D eigenvalue weighted by Crippen LogP contribution is -2.26. The molecule has 182 valence electrons. The minimum Gasteiger partial charge on any atom is -0.467 e. The van der Waals surface area contributed by atoms with Crippen LogP contribution in [0.25, 0.3) is 16.0 Å². The molecule has 4 heterocycles. The van der Waals surface area contributed by atoms with E-state index < -0.39 is 5.82 Å². The second kappa shape index (κ2) is 10.4. The zero-order chi connectivity index (χ0) is 24.4. The van der Waals surface area contributed by atoms with Crippen LogP contribution in [0.4, 0.5) is 4.39 Å². The molecule has 12 heteroatoms. The molecule has 1 amide bonds. The van der Waals surface area contributed by atoms with Crippen LogP contribution in [0.3, 0.4) is 0 Å². The van der Waals surface area contributed by atoms with Crippen LogP contribution >= 0.6 is 35.3 Å². The van der Waals surface area contributed by atoms with E-state index in [4.69, 9.17) is 26.4 Å². The molecule has 1 atom stereocenters. The van der Waals surface area contributed by atoms with Gasteiger partial charge in [0.2, 0.25) is 5.91 Å². The normalized spacial score (nSPS) is 15.6. The zero-order valence-electron chi connectivity index (χ0n) is 18.4. The molecule has 4 aromatic rings. The Bertz CT molecular complexity index is 1460.